The summed E-state index contributed by atoms with van der Waals surface area (Å²) in [4.78, 5) is 49.8. The lowest BCUT2D eigenvalue weighted by Gasteiger charge is -2.30. The number of aliphatic carboxylic acids is 1. The highest BCUT2D eigenvalue weighted by Gasteiger charge is 2.38. The van der Waals surface area contributed by atoms with Gasteiger partial charge >= 0.3 is 12.1 Å². The van der Waals surface area contributed by atoms with Crippen molar-refractivity contribution in [1.82, 2.24) is 4.98 Å². The van der Waals surface area contributed by atoms with Crippen molar-refractivity contribution in [3.8, 4) is 11.5 Å². The number of halogens is 5. The number of ether oxygens (including phenoxy) is 1. The molecule has 2 aromatic carbocycles. The van der Waals surface area contributed by atoms with Gasteiger partial charge in [-0.2, -0.15) is 13.2 Å². The number of benzene rings is 2. The molecule has 0 bridgehead atoms. The molecule has 0 fully saturated rings. The highest BCUT2D eigenvalue weighted by atomic mass is 19.4. The third-order valence-corrected chi connectivity index (χ3v) is 4.72. The number of carboxylic acids is 1. The Morgan fingerprint density at radius 3 is 2.08 bits per heavy atom. The molecule has 1 heterocycles. The zero-order valence-corrected chi connectivity index (χ0v) is 20.1. The van der Waals surface area contributed by atoms with Crippen LogP contribution in [0.15, 0.2) is 60.8 Å². The van der Waals surface area contributed by atoms with Crippen LogP contribution in [-0.2, 0) is 19.2 Å². The first kappa shape index (κ1) is 30.9. The van der Waals surface area contributed by atoms with Crippen molar-refractivity contribution in [2.75, 3.05) is 10.6 Å². The number of aromatic nitrogens is 1. The van der Waals surface area contributed by atoms with Gasteiger partial charge in [0.05, 0.1) is 5.69 Å². The van der Waals surface area contributed by atoms with Crippen LogP contribution in [0, 0.1) is 11.6 Å². The van der Waals surface area contributed by atoms with E-state index in [4.69, 9.17) is 31.8 Å². The second-order valence-electron chi connectivity index (χ2n) is 7.68. The number of nitrogens with two attached hydrogens (primary N) is 3. The van der Waals surface area contributed by atoms with Gasteiger partial charge in [-0.25, -0.2) is 18.6 Å². The summed E-state index contributed by atoms with van der Waals surface area (Å²) in [6.07, 6.45) is -4.64. The molecule has 0 spiro atoms. The summed E-state index contributed by atoms with van der Waals surface area (Å²) in [5.74, 6) is -8.38. The smallest absolute Gasteiger partial charge is 0.475 e. The third-order valence-electron chi connectivity index (χ3n) is 4.72. The zero-order valence-electron chi connectivity index (χ0n) is 20.1. The molecule has 212 valence electrons. The maximum atomic E-state index is 15.2. The Kier molecular flexibility index (Phi) is 10.0. The molecule has 7 N–H and O–H groups in total. The van der Waals surface area contributed by atoms with Crippen LogP contribution in [0.25, 0.3) is 0 Å². The minimum atomic E-state index is -5.08. The molecule has 40 heavy (non-hydrogen) atoms. The van der Waals surface area contributed by atoms with Crippen LogP contribution in [-0.4, -0.2) is 40.0 Å². The number of pyridine rings is 1. The van der Waals surface area contributed by atoms with Crippen LogP contribution in [0.5, 0.6) is 11.5 Å². The fraction of sp³-hybridized carbons (Fsp3) is 0.125. The Morgan fingerprint density at radius 1 is 0.975 bits per heavy atom. The van der Waals surface area contributed by atoms with Crippen molar-refractivity contribution < 1.29 is 51.0 Å². The van der Waals surface area contributed by atoms with Gasteiger partial charge in [0.15, 0.2) is 17.4 Å². The standard InChI is InChI=1S/C22H19F2N5O4.C2HF3O2/c23-14-10-17(33-13-6-7-28-18(25)8-13)15(24)9-16(14)29(20(31)11-19(26)30)21(22(27)32)12-4-2-1-3-5-12;3-2(4,5)1(6)7/h1-10,21H,11H2,(H2,25,28)(H2,26,30)(H2,27,32);(H,6,7)/t21-;/m1./s1. The molecule has 0 saturated heterocycles. The fourth-order valence-electron chi connectivity index (χ4n) is 3.13. The molecule has 3 amide bonds. The summed E-state index contributed by atoms with van der Waals surface area (Å²) in [5, 5.41) is 7.12. The minimum Gasteiger partial charge on any atom is -0.475 e. The number of hydrogen-bond donors (Lipinski definition) is 4. The summed E-state index contributed by atoms with van der Waals surface area (Å²) >= 11 is 0. The van der Waals surface area contributed by atoms with Gasteiger partial charge in [-0.1, -0.05) is 30.3 Å². The van der Waals surface area contributed by atoms with Crippen molar-refractivity contribution in [2.24, 2.45) is 11.5 Å². The molecule has 1 aromatic heterocycles. The van der Waals surface area contributed by atoms with Crippen LogP contribution in [0.1, 0.15) is 18.0 Å². The second kappa shape index (κ2) is 13.0. The van der Waals surface area contributed by atoms with E-state index in [9.17, 15) is 31.9 Å². The SMILES string of the molecule is NC(=O)CC(=O)N(c1cc(F)c(Oc2ccnc(N)c2)cc1F)[C@@H](C(N)=O)c1ccccc1.O=C(O)C(F)(F)F. The lowest BCUT2D eigenvalue weighted by Crippen LogP contribution is -2.43. The van der Waals surface area contributed by atoms with E-state index in [0.717, 1.165) is 0 Å². The largest absolute Gasteiger partial charge is 0.490 e. The van der Waals surface area contributed by atoms with Crippen LogP contribution in [0.3, 0.4) is 0 Å². The molecule has 3 aromatic rings. The molecule has 3 rings (SSSR count). The summed E-state index contributed by atoms with van der Waals surface area (Å²) in [6.45, 7) is 0. The molecule has 11 nitrogen and oxygen atoms in total. The summed E-state index contributed by atoms with van der Waals surface area (Å²) < 4.78 is 67.1. The maximum Gasteiger partial charge on any atom is 0.490 e. The van der Waals surface area contributed by atoms with Crippen molar-refractivity contribution in [2.45, 2.75) is 18.6 Å². The molecule has 16 heteroatoms. The number of hydrogen-bond acceptors (Lipinski definition) is 7. The predicted octanol–water partition coefficient (Wildman–Crippen LogP) is 2.80. The first-order chi connectivity index (χ1) is 18.6. The van der Waals surface area contributed by atoms with Gasteiger partial charge in [0, 0.05) is 24.4 Å². The zero-order chi connectivity index (χ0) is 30.2. The lowest BCUT2D eigenvalue weighted by atomic mass is 10.0. The van der Waals surface area contributed by atoms with Gasteiger partial charge in [-0.15, -0.1) is 0 Å². The molecular formula is C24H20F5N5O6. The molecule has 0 radical (unpaired) electrons. The second-order valence-corrected chi connectivity index (χ2v) is 7.68. The van der Waals surface area contributed by atoms with E-state index in [1.54, 1.807) is 18.2 Å². The van der Waals surface area contributed by atoms with Gasteiger partial charge in [-0.3, -0.25) is 19.3 Å². The maximum absolute atomic E-state index is 15.2. The molecule has 1 atom stereocenters. The Hall–Kier alpha value is -5.28. The number of amides is 3. The number of rotatable bonds is 8. The Balaban J connectivity index is 0.000000708. The van der Waals surface area contributed by atoms with E-state index in [1.807, 2.05) is 0 Å². The van der Waals surface area contributed by atoms with Crippen LogP contribution < -0.4 is 26.8 Å². The third kappa shape index (κ3) is 8.37. The van der Waals surface area contributed by atoms with Gasteiger partial charge in [-0.05, 0) is 11.6 Å². The highest BCUT2D eigenvalue weighted by Crippen LogP contribution is 2.35. The van der Waals surface area contributed by atoms with E-state index in [-0.39, 0.29) is 17.1 Å². The van der Waals surface area contributed by atoms with Gasteiger partial charge in [0.1, 0.15) is 24.0 Å². The number of carbonyl (C=O) groups is 4. The lowest BCUT2D eigenvalue weighted by molar-refractivity contribution is -0.192. The Bertz CT molecular complexity index is 1400. The number of anilines is 2. The number of nitrogen functional groups attached to an aromatic ring is 1. The monoisotopic (exact) mass is 569 g/mol. The highest BCUT2D eigenvalue weighted by molar-refractivity contribution is 6.08. The quantitative estimate of drug-likeness (QED) is 0.235. The molecule has 0 saturated carbocycles. The number of alkyl halides is 3. The molecule has 0 aliphatic carbocycles. The summed E-state index contributed by atoms with van der Waals surface area (Å²) in [5.41, 5.74) is 15.7. The van der Waals surface area contributed by atoms with Gasteiger partial charge in [0.25, 0.3) is 0 Å². The minimum absolute atomic E-state index is 0.0921. The van der Waals surface area contributed by atoms with E-state index < -0.39 is 65.4 Å². The van der Waals surface area contributed by atoms with Crippen molar-refractivity contribution in [3.63, 3.8) is 0 Å². The topological polar surface area (TPSA) is 192 Å². The van der Waals surface area contributed by atoms with Crippen molar-refractivity contribution in [3.05, 3.63) is 78.0 Å². The van der Waals surface area contributed by atoms with Crippen LogP contribution >= 0.6 is 0 Å². The first-order valence-electron chi connectivity index (χ1n) is 10.7. The molecule has 0 aliphatic rings. The Labute approximate surface area is 221 Å². The van der Waals surface area contributed by atoms with E-state index >= 15 is 4.39 Å². The number of nitrogens with zero attached hydrogens (tertiary/aromatic N) is 2. The first-order valence-corrected chi connectivity index (χ1v) is 10.7. The Morgan fingerprint density at radius 2 is 1.57 bits per heavy atom. The molecule has 0 aliphatic heterocycles. The van der Waals surface area contributed by atoms with Gasteiger partial charge < -0.3 is 27.0 Å². The fourth-order valence-corrected chi connectivity index (χ4v) is 3.13. The van der Waals surface area contributed by atoms with Crippen LogP contribution in [0.4, 0.5) is 33.5 Å². The van der Waals surface area contributed by atoms with E-state index in [1.165, 1.54) is 30.5 Å². The predicted molar refractivity (Wildman–Crippen MR) is 128 cm³/mol. The van der Waals surface area contributed by atoms with Gasteiger partial charge in [0.2, 0.25) is 17.7 Å². The number of carbonyl (C=O) groups excluding carboxylic acids is 3. The average Bonchev–Trinajstić information content (AvgIpc) is 2.84. The van der Waals surface area contributed by atoms with E-state index in [0.29, 0.717) is 17.0 Å². The van der Waals surface area contributed by atoms with E-state index in [2.05, 4.69) is 4.98 Å². The normalized spacial score (nSPS) is 11.4. The number of carboxylic acid groups (broad SMARTS) is 1. The van der Waals surface area contributed by atoms with Crippen LogP contribution in [0.2, 0.25) is 0 Å². The number of primary amides is 2. The summed E-state index contributed by atoms with van der Waals surface area (Å²) in [7, 11) is 0. The summed E-state index contributed by atoms with van der Waals surface area (Å²) in [6, 6.07) is 10.2. The molecule has 0 unspecified atom stereocenters. The van der Waals surface area contributed by atoms with Crippen molar-refractivity contribution in [1.29, 1.82) is 0 Å². The van der Waals surface area contributed by atoms with Crippen molar-refractivity contribution >= 4 is 35.2 Å². The molecular weight excluding hydrogens is 549 g/mol. The average molecular weight is 569 g/mol.